The van der Waals surface area contributed by atoms with Gasteiger partial charge in [-0.2, -0.15) is 0 Å². The van der Waals surface area contributed by atoms with Gasteiger partial charge in [-0.15, -0.1) is 0 Å². The van der Waals surface area contributed by atoms with E-state index >= 15 is 0 Å². The highest BCUT2D eigenvalue weighted by Gasteiger charge is 2.17. The summed E-state index contributed by atoms with van der Waals surface area (Å²) in [5, 5.41) is 1.81. The Morgan fingerprint density at radius 1 is 1.22 bits per heavy atom. The molecule has 0 saturated carbocycles. The highest BCUT2D eigenvalue weighted by atomic mass is 32.2. The molecule has 1 aliphatic heterocycles. The number of nitrogens with one attached hydrogen (secondary N) is 1. The molecule has 0 atom stereocenters. The molecule has 1 N–H and O–H groups in total. The van der Waals surface area contributed by atoms with Crippen LogP contribution in [0.3, 0.4) is 0 Å². The molecular formula is C16H21N3O3S. The zero-order valence-electron chi connectivity index (χ0n) is 13.2. The Balaban J connectivity index is 2.02. The van der Waals surface area contributed by atoms with Crippen LogP contribution in [0, 0.1) is 0 Å². The second kappa shape index (κ2) is 6.72. The molecule has 3 rings (SSSR count). The van der Waals surface area contributed by atoms with Gasteiger partial charge in [0.2, 0.25) is 10.0 Å². The smallest absolute Gasteiger partial charge is 0.232 e. The maximum absolute atomic E-state index is 12.1. The summed E-state index contributed by atoms with van der Waals surface area (Å²) in [7, 11) is -3.33. The van der Waals surface area contributed by atoms with Crippen LogP contribution in [0.15, 0.2) is 30.6 Å². The average molecular weight is 335 g/mol. The molecule has 1 saturated heterocycles. The molecule has 0 amide bonds. The van der Waals surface area contributed by atoms with Crippen molar-refractivity contribution >= 4 is 32.2 Å². The van der Waals surface area contributed by atoms with Crippen LogP contribution < -0.4 is 9.62 Å². The van der Waals surface area contributed by atoms with Gasteiger partial charge in [0.05, 0.1) is 24.7 Å². The maximum atomic E-state index is 12.1. The van der Waals surface area contributed by atoms with Gasteiger partial charge in [0.15, 0.2) is 0 Å². The summed E-state index contributed by atoms with van der Waals surface area (Å²) in [6.07, 6.45) is 4.02. The quantitative estimate of drug-likeness (QED) is 0.907. The van der Waals surface area contributed by atoms with Crippen molar-refractivity contribution in [3.8, 4) is 0 Å². The second-order valence-electron chi connectivity index (χ2n) is 5.57. The van der Waals surface area contributed by atoms with Gasteiger partial charge in [0.25, 0.3) is 0 Å². The first-order chi connectivity index (χ1) is 11.1. The molecule has 1 aromatic carbocycles. The van der Waals surface area contributed by atoms with E-state index < -0.39 is 10.0 Å². The van der Waals surface area contributed by atoms with Crippen molar-refractivity contribution in [1.29, 1.82) is 0 Å². The summed E-state index contributed by atoms with van der Waals surface area (Å²) >= 11 is 0. The van der Waals surface area contributed by atoms with Crippen LogP contribution in [0.2, 0.25) is 0 Å². The fraction of sp³-hybridized carbons (Fsp3) is 0.438. The summed E-state index contributed by atoms with van der Waals surface area (Å²) in [5.74, 6) is 0.111. The minimum Gasteiger partial charge on any atom is -0.378 e. The molecular weight excluding hydrogens is 314 g/mol. The van der Waals surface area contributed by atoms with Crippen molar-refractivity contribution in [2.24, 2.45) is 0 Å². The highest BCUT2D eigenvalue weighted by Crippen LogP contribution is 2.32. The monoisotopic (exact) mass is 335 g/mol. The fourth-order valence-corrected chi connectivity index (χ4v) is 3.98. The minimum absolute atomic E-state index is 0.111. The number of ether oxygens (including phenoxy) is 1. The summed E-state index contributed by atoms with van der Waals surface area (Å²) in [6.45, 7) is 4.92. The molecule has 0 aliphatic carbocycles. The van der Waals surface area contributed by atoms with Crippen LogP contribution in [-0.2, 0) is 14.8 Å². The molecule has 0 unspecified atom stereocenters. The van der Waals surface area contributed by atoms with Gasteiger partial charge >= 0.3 is 0 Å². The lowest BCUT2D eigenvalue weighted by molar-refractivity contribution is 0.123. The molecule has 23 heavy (non-hydrogen) atoms. The van der Waals surface area contributed by atoms with E-state index in [1.54, 1.807) is 12.4 Å². The molecule has 1 aromatic heterocycles. The van der Waals surface area contributed by atoms with Gasteiger partial charge in [-0.3, -0.25) is 9.71 Å². The Hall–Kier alpha value is -1.86. The Morgan fingerprint density at radius 3 is 2.74 bits per heavy atom. The third kappa shape index (κ3) is 3.56. The zero-order valence-corrected chi connectivity index (χ0v) is 14.0. The Bertz CT molecular complexity index is 786. The molecule has 0 spiro atoms. The SMILES string of the molecule is CCCS(=O)(=O)Nc1ccc(N2CCOCC2)c2ccncc12. The predicted octanol–water partition coefficient (Wildman–Crippen LogP) is 2.22. The largest absolute Gasteiger partial charge is 0.378 e. The number of aromatic nitrogens is 1. The molecule has 2 heterocycles. The number of benzene rings is 1. The van der Waals surface area contributed by atoms with Gasteiger partial charge < -0.3 is 9.64 Å². The first kappa shape index (κ1) is 16.0. The van der Waals surface area contributed by atoms with E-state index in [0.717, 1.165) is 29.5 Å². The van der Waals surface area contributed by atoms with Crippen LogP contribution in [0.4, 0.5) is 11.4 Å². The van der Waals surface area contributed by atoms with E-state index in [1.165, 1.54) is 0 Å². The van der Waals surface area contributed by atoms with Crippen LogP contribution in [0.1, 0.15) is 13.3 Å². The van der Waals surface area contributed by atoms with Crippen molar-refractivity contribution in [3.05, 3.63) is 30.6 Å². The third-order valence-corrected chi connectivity index (χ3v) is 5.36. The number of pyridine rings is 1. The van der Waals surface area contributed by atoms with E-state index in [1.807, 2.05) is 25.1 Å². The van der Waals surface area contributed by atoms with Crippen LogP contribution in [0.25, 0.3) is 10.8 Å². The van der Waals surface area contributed by atoms with Crippen molar-refractivity contribution in [3.63, 3.8) is 0 Å². The first-order valence-corrected chi connectivity index (χ1v) is 9.46. The lowest BCUT2D eigenvalue weighted by Gasteiger charge is -2.30. The fourth-order valence-electron chi connectivity index (χ4n) is 2.83. The zero-order chi connectivity index (χ0) is 16.3. The lowest BCUT2D eigenvalue weighted by atomic mass is 10.1. The van der Waals surface area contributed by atoms with Crippen molar-refractivity contribution < 1.29 is 13.2 Å². The second-order valence-corrected chi connectivity index (χ2v) is 7.42. The molecule has 0 bridgehead atoms. The van der Waals surface area contributed by atoms with Crippen LogP contribution in [0.5, 0.6) is 0 Å². The van der Waals surface area contributed by atoms with Gasteiger partial charge in [-0.05, 0) is 24.6 Å². The van der Waals surface area contributed by atoms with E-state index in [2.05, 4.69) is 14.6 Å². The third-order valence-electron chi connectivity index (χ3n) is 3.89. The van der Waals surface area contributed by atoms with Crippen molar-refractivity contribution in [2.45, 2.75) is 13.3 Å². The highest BCUT2D eigenvalue weighted by molar-refractivity contribution is 7.92. The summed E-state index contributed by atoms with van der Waals surface area (Å²) < 4.78 is 32.2. The minimum atomic E-state index is -3.33. The van der Waals surface area contributed by atoms with E-state index in [4.69, 9.17) is 4.74 Å². The molecule has 124 valence electrons. The number of morpholine rings is 1. The number of nitrogens with zero attached hydrogens (tertiary/aromatic N) is 2. The van der Waals surface area contributed by atoms with Crippen molar-refractivity contribution in [2.75, 3.05) is 41.7 Å². The molecule has 1 fully saturated rings. The van der Waals surface area contributed by atoms with E-state index in [9.17, 15) is 8.42 Å². The van der Waals surface area contributed by atoms with Gasteiger partial charge in [0, 0.05) is 41.9 Å². The molecule has 6 nitrogen and oxygen atoms in total. The Kier molecular flexibility index (Phi) is 4.68. The normalized spacial score (nSPS) is 15.8. The molecule has 1 aliphatic rings. The van der Waals surface area contributed by atoms with Crippen LogP contribution >= 0.6 is 0 Å². The van der Waals surface area contributed by atoms with E-state index in [-0.39, 0.29) is 5.75 Å². The number of rotatable bonds is 5. The average Bonchev–Trinajstić information content (AvgIpc) is 2.55. The number of sulfonamides is 1. The number of hydrogen-bond donors (Lipinski definition) is 1. The summed E-state index contributed by atoms with van der Waals surface area (Å²) in [4.78, 5) is 6.42. The number of anilines is 2. The maximum Gasteiger partial charge on any atom is 0.232 e. The predicted molar refractivity (Wildman–Crippen MR) is 92.5 cm³/mol. The summed E-state index contributed by atoms with van der Waals surface area (Å²) in [5.41, 5.74) is 1.67. The number of fused-ring (bicyclic) bond motifs is 1. The topological polar surface area (TPSA) is 71.5 Å². The molecule has 0 radical (unpaired) electrons. The van der Waals surface area contributed by atoms with Gasteiger partial charge in [-0.1, -0.05) is 6.92 Å². The van der Waals surface area contributed by atoms with E-state index in [0.29, 0.717) is 25.3 Å². The van der Waals surface area contributed by atoms with Crippen molar-refractivity contribution in [1.82, 2.24) is 4.98 Å². The van der Waals surface area contributed by atoms with Crippen LogP contribution in [-0.4, -0.2) is 45.5 Å². The lowest BCUT2D eigenvalue weighted by Crippen LogP contribution is -2.36. The van der Waals surface area contributed by atoms with Gasteiger partial charge in [-0.25, -0.2) is 8.42 Å². The Morgan fingerprint density at radius 2 is 2.00 bits per heavy atom. The number of hydrogen-bond acceptors (Lipinski definition) is 5. The Labute approximate surface area is 136 Å². The standard InChI is InChI=1S/C16H21N3O3S/c1-2-11-23(20,21)18-15-3-4-16(19-7-9-22-10-8-19)13-5-6-17-12-14(13)15/h3-6,12,18H,2,7-11H2,1H3. The first-order valence-electron chi connectivity index (χ1n) is 7.80. The molecule has 7 heteroatoms. The van der Waals surface area contributed by atoms with Gasteiger partial charge in [0.1, 0.15) is 0 Å². The molecule has 2 aromatic rings. The summed E-state index contributed by atoms with van der Waals surface area (Å²) in [6, 6.07) is 5.72.